The van der Waals surface area contributed by atoms with Crippen molar-refractivity contribution in [3.8, 4) is 0 Å². The van der Waals surface area contributed by atoms with E-state index in [-0.39, 0.29) is 5.41 Å². The van der Waals surface area contributed by atoms with E-state index < -0.39 is 6.10 Å². The number of pyridine rings is 1. The highest BCUT2D eigenvalue weighted by Gasteiger charge is 2.21. The van der Waals surface area contributed by atoms with Crippen molar-refractivity contribution in [3.05, 3.63) is 84.2 Å². The minimum absolute atomic E-state index is 0.218. The van der Waals surface area contributed by atoms with E-state index in [1.54, 1.807) is 6.20 Å². The van der Waals surface area contributed by atoms with Gasteiger partial charge in [0.05, 0.1) is 6.10 Å². The van der Waals surface area contributed by atoms with Gasteiger partial charge in [0, 0.05) is 18.0 Å². The molecule has 122 valence electrons. The smallest absolute Gasteiger partial charge is 0.0778 e. The Bertz CT molecular complexity index is 860. The predicted octanol–water partition coefficient (Wildman–Crippen LogP) is 5.07. The van der Waals surface area contributed by atoms with Crippen molar-refractivity contribution in [2.75, 3.05) is 0 Å². The summed E-state index contributed by atoms with van der Waals surface area (Å²) in [5, 5.41) is 13.0. The van der Waals surface area contributed by atoms with Crippen LogP contribution in [0.2, 0.25) is 0 Å². The van der Waals surface area contributed by atoms with Crippen molar-refractivity contribution in [1.29, 1.82) is 0 Å². The molecule has 0 fully saturated rings. The molecule has 1 atom stereocenters. The minimum atomic E-state index is -0.542. The highest BCUT2D eigenvalue weighted by molar-refractivity contribution is 5.89. The Morgan fingerprint density at radius 3 is 2.38 bits per heavy atom. The molecule has 0 saturated heterocycles. The Hall–Kier alpha value is -2.45. The van der Waals surface area contributed by atoms with Crippen LogP contribution in [0.5, 0.6) is 0 Å². The van der Waals surface area contributed by atoms with Gasteiger partial charge < -0.3 is 5.11 Å². The van der Waals surface area contributed by atoms with Gasteiger partial charge in [0.2, 0.25) is 0 Å². The molecule has 0 spiro atoms. The largest absolute Gasteiger partial charge is 0.388 e. The third-order valence-corrected chi connectivity index (χ3v) is 4.24. The zero-order chi connectivity index (χ0) is 17.2. The predicted molar refractivity (Wildman–Crippen MR) is 101 cm³/mol. The molecule has 3 rings (SSSR count). The van der Waals surface area contributed by atoms with Gasteiger partial charge in [0.1, 0.15) is 0 Å². The molecule has 2 aromatic carbocycles. The van der Waals surface area contributed by atoms with E-state index in [1.165, 1.54) is 10.8 Å². The first kappa shape index (κ1) is 16.4. The van der Waals surface area contributed by atoms with Gasteiger partial charge in [0.25, 0.3) is 0 Å². The second-order valence-corrected chi connectivity index (χ2v) is 7.19. The van der Waals surface area contributed by atoms with E-state index >= 15 is 0 Å². The monoisotopic (exact) mass is 317 g/mol. The van der Waals surface area contributed by atoms with Crippen molar-refractivity contribution in [3.63, 3.8) is 0 Å². The quantitative estimate of drug-likeness (QED) is 0.731. The van der Waals surface area contributed by atoms with Gasteiger partial charge in [-0.3, -0.25) is 4.98 Å². The van der Waals surface area contributed by atoms with Gasteiger partial charge in [-0.05, 0) is 45.5 Å². The fourth-order valence-electron chi connectivity index (χ4n) is 2.65. The molecule has 0 bridgehead atoms. The average Bonchev–Trinajstić information content (AvgIpc) is 2.59. The standard InChI is InChI=1S/C22H23NO/c1-22(2,3)21(24)14-20(19-9-6-12-23-15-19)18-11-10-16-7-4-5-8-17(16)13-18/h4-15,21,24H,1-3H3. The van der Waals surface area contributed by atoms with E-state index in [1.807, 2.05) is 57.3 Å². The molecule has 0 amide bonds. The molecule has 1 unspecified atom stereocenters. The van der Waals surface area contributed by atoms with Crippen molar-refractivity contribution < 1.29 is 5.11 Å². The van der Waals surface area contributed by atoms with Crippen LogP contribution < -0.4 is 0 Å². The normalized spacial score (nSPS) is 13.9. The SMILES string of the molecule is CC(C)(C)C(O)C=C(c1cccnc1)c1ccc2ccccc2c1. The van der Waals surface area contributed by atoms with E-state index in [9.17, 15) is 5.11 Å². The van der Waals surface area contributed by atoms with Crippen LogP contribution in [0.25, 0.3) is 16.3 Å². The summed E-state index contributed by atoms with van der Waals surface area (Å²) >= 11 is 0. The first-order valence-electron chi connectivity index (χ1n) is 8.24. The molecule has 1 heterocycles. The van der Waals surface area contributed by atoms with Crippen molar-refractivity contribution in [2.24, 2.45) is 5.41 Å². The highest BCUT2D eigenvalue weighted by atomic mass is 16.3. The fourth-order valence-corrected chi connectivity index (χ4v) is 2.65. The highest BCUT2D eigenvalue weighted by Crippen LogP contribution is 2.30. The molecule has 1 N–H and O–H groups in total. The summed E-state index contributed by atoms with van der Waals surface area (Å²) in [6.07, 6.45) is 5.01. The van der Waals surface area contributed by atoms with Crippen LogP contribution in [0.4, 0.5) is 0 Å². The lowest BCUT2D eigenvalue weighted by molar-refractivity contribution is 0.106. The Balaban J connectivity index is 2.14. The van der Waals surface area contributed by atoms with E-state index in [4.69, 9.17) is 0 Å². The van der Waals surface area contributed by atoms with Gasteiger partial charge in [0.15, 0.2) is 0 Å². The van der Waals surface area contributed by atoms with Crippen LogP contribution in [-0.2, 0) is 0 Å². The summed E-state index contributed by atoms with van der Waals surface area (Å²) in [6, 6.07) is 18.7. The van der Waals surface area contributed by atoms with Gasteiger partial charge in [-0.15, -0.1) is 0 Å². The van der Waals surface area contributed by atoms with E-state index in [2.05, 4.69) is 35.3 Å². The van der Waals surface area contributed by atoms with E-state index in [0.29, 0.717) is 0 Å². The Morgan fingerprint density at radius 2 is 1.71 bits per heavy atom. The van der Waals surface area contributed by atoms with Crippen LogP contribution in [0.3, 0.4) is 0 Å². The zero-order valence-electron chi connectivity index (χ0n) is 14.4. The molecule has 0 radical (unpaired) electrons. The molecule has 2 heteroatoms. The number of aliphatic hydroxyl groups excluding tert-OH is 1. The summed E-state index contributed by atoms with van der Waals surface area (Å²) in [4.78, 5) is 4.24. The topological polar surface area (TPSA) is 33.1 Å². The molecule has 1 aromatic heterocycles. The third-order valence-electron chi connectivity index (χ3n) is 4.24. The maximum atomic E-state index is 10.6. The summed E-state index contributed by atoms with van der Waals surface area (Å²) < 4.78 is 0. The fraction of sp³-hybridized carbons (Fsp3) is 0.227. The Kier molecular flexibility index (Phi) is 4.50. The molecule has 0 aliphatic rings. The maximum absolute atomic E-state index is 10.6. The molecule has 0 aliphatic carbocycles. The molecule has 0 aliphatic heterocycles. The lowest BCUT2D eigenvalue weighted by Crippen LogP contribution is -2.24. The number of hydrogen-bond acceptors (Lipinski definition) is 2. The molecule has 2 nitrogen and oxygen atoms in total. The first-order valence-corrected chi connectivity index (χ1v) is 8.24. The van der Waals surface area contributed by atoms with Crippen molar-refractivity contribution in [2.45, 2.75) is 26.9 Å². The number of nitrogens with zero attached hydrogens (tertiary/aromatic N) is 1. The van der Waals surface area contributed by atoms with Gasteiger partial charge >= 0.3 is 0 Å². The average molecular weight is 317 g/mol. The molecule has 3 aromatic rings. The summed E-state index contributed by atoms with van der Waals surface area (Å²) in [7, 11) is 0. The summed E-state index contributed by atoms with van der Waals surface area (Å²) in [5.74, 6) is 0. The van der Waals surface area contributed by atoms with Crippen molar-refractivity contribution in [1.82, 2.24) is 4.98 Å². The number of rotatable bonds is 3. The van der Waals surface area contributed by atoms with Crippen molar-refractivity contribution >= 4 is 16.3 Å². The third kappa shape index (κ3) is 3.55. The van der Waals surface area contributed by atoms with Crippen LogP contribution in [0.1, 0.15) is 31.9 Å². The number of aliphatic hydroxyl groups is 1. The summed E-state index contributed by atoms with van der Waals surface area (Å²) in [5.41, 5.74) is 2.89. The minimum Gasteiger partial charge on any atom is -0.388 e. The Morgan fingerprint density at radius 1 is 0.958 bits per heavy atom. The first-order chi connectivity index (χ1) is 11.4. The van der Waals surface area contributed by atoms with E-state index in [0.717, 1.165) is 16.7 Å². The molecule has 24 heavy (non-hydrogen) atoms. The second kappa shape index (κ2) is 6.58. The number of hydrogen-bond donors (Lipinski definition) is 1. The molecular weight excluding hydrogens is 294 g/mol. The number of aromatic nitrogens is 1. The molecular formula is C22H23NO. The van der Waals surface area contributed by atoms with Crippen LogP contribution >= 0.6 is 0 Å². The maximum Gasteiger partial charge on any atom is 0.0778 e. The summed E-state index contributed by atoms with van der Waals surface area (Å²) in [6.45, 7) is 6.11. The zero-order valence-corrected chi connectivity index (χ0v) is 14.4. The second-order valence-electron chi connectivity index (χ2n) is 7.19. The van der Waals surface area contributed by atoms with Gasteiger partial charge in [-0.2, -0.15) is 0 Å². The van der Waals surface area contributed by atoms with Gasteiger partial charge in [-0.25, -0.2) is 0 Å². The van der Waals surface area contributed by atoms with Crippen LogP contribution in [0.15, 0.2) is 73.1 Å². The molecule has 0 saturated carbocycles. The lowest BCUT2D eigenvalue weighted by atomic mass is 9.85. The number of benzene rings is 2. The van der Waals surface area contributed by atoms with Crippen LogP contribution in [-0.4, -0.2) is 16.2 Å². The van der Waals surface area contributed by atoms with Crippen LogP contribution in [0, 0.1) is 5.41 Å². The Labute approximate surface area is 143 Å². The lowest BCUT2D eigenvalue weighted by Gasteiger charge is -2.24. The number of fused-ring (bicyclic) bond motifs is 1. The van der Waals surface area contributed by atoms with Gasteiger partial charge in [-0.1, -0.05) is 63.2 Å².